The molecule has 1 aliphatic heterocycles. The van der Waals surface area contributed by atoms with Gasteiger partial charge in [-0.2, -0.15) is 4.98 Å². The molecule has 0 spiro atoms. The fourth-order valence-corrected chi connectivity index (χ4v) is 3.28. The highest BCUT2D eigenvalue weighted by Gasteiger charge is 2.26. The Balaban J connectivity index is 1.44. The third-order valence-corrected chi connectivity index (χ3v) is 4.80. The van der Waals surface area contributed by atoms with Gasteiger partial charge in [-0.15, -0.1) is 0 Å². The molecule has 2 heterocycles. The van der Waals surface area contributed by atoms with E-state index < -0.39 is 5.82 Å². The molecule has 1 atom stereocenters. The summed E-state index contributed by atoms with van der Waals surface area (Å²) in [7, 11) is 0. The zero-order valence-electron chi connectivity index (χ0n) is 14.6. The van der Waals surface area contributed by atoms with Gasteiger partial charge < -0.3 is 15.6 Å². The highest BCUT2D eigenvalue weighted by atomic mass is 19.1. The number of nitrogens with one attached hydrogen (secondary N) is 1. The second-order valence-corrected chi connectivity index (χ2v) is 6.62. The third-order valence-electron chi connectivity index (χ3n) is 4.80. The number of nitrogens with zero attached hydrogens (tertiary/aromatic N) is 2. The lowest BCUT2D eigenvalue weighted by Crippen LogP contribution is -2.30. The molecule has 1 aromatic heterocycles. The van der Waals surface area contributed by atoms with Crippen molar-refractivity contribution in [3.8, 4) is 11.4 Å². The number of aryl methyl sites for hydroxylation is 1. The van der Waals surface area contributed by atoms with Gasteiger partial charge in [-0.05, 0) is 42.2 Å². The number of amides is 1. The molecule has 0 bridgehead atoms. The van der Waals surface area contributed by atoms with Crippen LogP contribution in [0.25, 0.3) is 11.4 Å². The number of fused-ring (bicyclic) bond motifs is 1. The molecular weight excluding hydrogens is 347 g/mol. The zero-order valence-corrected chi connectivity index (χ0v) is 14.6. The standard InChI is InChI=1S/C20H19FN4O2/c21-16-9-12(11-22)5-7-15(16)19-24-18(27-25-19)8-6-14-10-13-3-1-2-4-17(13)23-20(14)26/h1-5,7,9,14H,6,8,10-11,22H2,(H,23,26). The Morgan fingerprint density at radius 2 is 2.11 bits per heavy atom. The van der Waals surface area contributed by atoms with Crippen LogP contribution in [0.1, 0.15) is 23.4 Å². The molecule has 138 valence electrons. The topological polar surface area (TPSA) is 94.0 Å². The quantitative estimate of drug-likeness (QED) is 0.724. The molecule has 1 amide bonds. The first kappa shape index (κ1) is 17.4. The fraction of sp³-hybridized carbons (Fsp3) is 0.250. The lowest BCUT2D eigenvalue weighted by atomic mass is 9.90. The maximum atomic E-state index is 14.2. The van der Waals surface area contributed by atoms with Gasteiger partial charge in [0.2, 0.25) is 17.6 Å². The number of carbonyl (C=O) groups excluding carboxylic acids is 1. The minimum atomic E-state index is -0.437. The molecule has 3 aromatic rings. The summed E-state index contributed by atoms with van der Waals surface area (Å²) in [6.07, 6.45) is 1.71. The number of aromatic nitrogens is 2. The molecule has 3 N–H and O–H groups in total. The monoisotopic (exact) mass is 366 g/mol. The molecule has 0 saturated carbocycles. The van der Waals surface area contributed by atoms with Crippen LogP contribution in [-0.4, -0.2) is 16.0 Å². The van der Waals surface area contributed by atoms with E-state index in [1.165, 1.54) is 6.07 Å². The molecule has 2 aromatic carbocycles. The Kier molecular flexibility index (Phi) is 4.68. The summed E-state index contributed by atoms with van der Waals surface area (Å²) in [6.45, 7) is 0.265. The van der Waals surface area contributed by atoms with Gasteiger partial charge in [-0.1, -0.05) is 29.4 Å². The number of rotatable bonds is 5. The summed E-state index contributed by atoms with van der Waals surface area (Å²) in [5.74, 6) is -0.00952. The van der Waals surface area contributed by atoms with Gasteiger partial charge in [0.25, 0.3) is 0 Å². The van der Waals surface area contributed by atoms with Gasteiger partial charge in [0, 0.05) is 24.6 Å². The maximum absolute atomic E-state index is 14.2. The molecule has 1 aliphatic rings. The molecule has 6 nitrogen and oxygen atoms in total. The summed E-state index contributed by atoms with van der Waals surface area (Å²) >= 11 is 0. The minimum absolute atomic E-state index is 0.00291. The molecule has 0 fully saturated rings. The number of anilines is 1. The van der Waals surface area contributed by atoms with Crippen molar-refractivity contribution in [3.05, 3.63) is 65.3 Å². The number of benzene rings is 2. The molecular formula is C20H19FN4O2. The van der Waals surface area contributed by atoms with E-state index in [1.807, 2.05) is 24.3 Å². The molecule has 0 aliphatic carbocycles. The second kappa shape index (κ2) is 7.28. The van der Waals surface area contributed by atoms with Crippen molar-refractivity contribution in [1.82, 2.24) is 10.1 Å². The van der Waals surface area contributed by atoms with Crippen LogP contribution in [0.2, 0.25) is 0 Å². The van der Waals surface area contributed by atoms with Gasteiger partial charge >= 0.3 is 0 Å². The van der Waals surface area contributed by atoms with Gasteiger partial charge in [0.05, 0.1) is 5.56 Å². The van der Waals surface area contributed by atoms with Crippen molar-refractivity contribution in [2.75, 3.05) is 5.32 Å². The summed E-state index contributed by atoms with van der Waals surface area (Å²) in [5.41, 5.74) is 8.47. The first-order chi connectivity index (χ1) is 13.1. The highest BCUT2D eigenvalue weighted by Crippen LogP contribution is 2.28. The number of hydrogen-bond acceptors (Lipinski definition) is 5. The number of hydrogen-bond donors (Lipinski definition) is 2. The van der Waals surface area contributed by atoms with E-state index in [0.29, 0.717) is 30.7 Å². The van der Waals surface area contributed by atoms with Crippen LogP contribution >= 0.6 is 0 Å². The zero-order chi connectivity index (χ0) is 18.8. The van der Waals surface area contributed by atoms with E-state index in [0.717, 1.165) is 11.3 Å². The summed E-state index contributed by atoms with van der Waals surface area (Å²) in [4.78, 5) is 16.5. The first-order valence-electron chi connectivity index (χ1n) is 8.84. The minimum Gasteiger partial charge on any atom is -0.339 e. The van der Waals surface area contributed by atoms with E-state index >= 15 is 0 Å². The predicted molar refractivity (Wildman–Crippen MR) is 98.2 cm³/mol. The van der Waals surface area contributed by atoms with Crippen molar-refractivity contribution in [2.24, 2.45) is 11.7 Å². The average Bonchev–Trinajstić information content (AvgIpc) is 3.14. The molecule has 7 heteroatoms. The molecule has 4 rings (SSSR count). The van der Waals surface area contributed by atoms with Crippen molar-refractivity contribution < 1.29 is 13.7 Å². The first-order valence-corrected chi connectivity index (χ1v) is 8.84. The normalized spacial score (nSPS) is 16.1. The van der Waals surface area contributed by atoms with E-state index in [9.17, 15) is 9.18 Å². The molecule has 1 unspecified atom stereocenters. The summed E-state index contributed by atoms with van der Waals surface area (Å²) in [5, 5.41) is 6.79. The predicted octanol–water partition coefficient (Wildman–Crippen LogP) is 3.08. The van der Waals surface area contributed by atoms with E-state index in [2.05, 4.69) is 15.5 Å². The lowest BCUT2D eigenvalue weighted by Gasteiger charge is -2.24. The average molecular weight is 366 g/mol. The van der Waals surface area contributed by atoms with Crippen LogP contribution in [-0.2, 0) is 24.2 Å². The second-order valence-electron chi connectivity index (χ2n) is 6.62. The Morgan fingerprint density at radius 3 is 2.93 bits per heavy atom. The Morgan fingerprint density at radius 1 is 1.26 bits per heavy atom. The van der Waals surface area contributed by atoms with Gasteiger partial charge in [0.1, 0.15) is 5.82 Å². The summed E-state index contributed by atoms with van der Waals surface area (Å²) < 4.78 is 19.4. The number of carbonyl (C=O) groups is 1. The summed E-state index contributed by atoms with van der Waals surface area (Å²) in [6, 6.07) is 12.5. The van der Waals surface area contributed by atoms with Crippen molar-refractivity contribution in [3.63, 3.8) is 0 Å². The third kappa shape index (κ3) is 3.59. The molecule has 27 heavy (non-hydrogen) atoms. The van der Waals surface area contributed by atoms with Crippen LogP contribution < -0.4 is 11.1 Å². The number of halogens is 1. The highest BCUT2D eigenvalue weighted by molar-refractivity contribution is 5.95. The van der Waals surface area contributed by atoms with Crippen LogP contribution in [0, 0.1) is 11.7 Å². The lowest BCUT2D eigenvalue weighted by molar-refractivity contribution is -0.120. The van der Waals surface area contributed by atoms with Gasteiger partial charge in [0.15, 0.2) is 0 Å². The Bertz CT molecular complexity index is 986. The van der Waals surface area contributed by atoms with Gasteiger partial charge in [-0.3, -0.25) is 4.79 Å². The smallest absolute Gasteiger partial charge is 0.227 e. The number of para-hydroxylation sites is 1. The largest absolute Gasteiger partial charge is 0.339 e. The Labute approximate surface area is 155 Å². The SMILES string of the molecule is NCc1ccc(-c2noc(CCC3Cc4ccccc4NC3=O)n2)c(F)c1. The van der Waals surface area contributed by atoms with Crippen LogP contribution in [0.15, 0.2) is 47.0 Å². The molecule has 0 radical (unpaired) electrons. The number of nitrogens with two attached hydrogens (primary N) is 1. The maximum Gasteiger partial charge on any atom is 0.227 e. The van der Waals surface area contributed by atoms with E-state index in [4.69, 9.17) is 10.3 Å². The fourth-order valence-electron chi connectivity index (χ4n) is 3.28. The molecule has 0 saturated heterocycles. The van der Waals surface area contributed by atoms with Crippen LogP contribution in [0.5, 0.6) is 0 Å². The van der Waals surface area contributed by atoms with Crippen LogP contribution in [0.4, 0.5) is 10.1 Å². The van der Waals surface area contributed by atoms with E-state index in [1.54, 1.807) is 12.1 Å². The van der Waals surface area contributed by atoms with Crippen molar-refractivity contribution in [1.29, 1.82) is 0 Å². The van der Waals surface area contributed by atoms with Crippen molar-refractivity contribution in [2.45, 2.75) is 25.8 Å². The van der Waals surface area contributed by atoms with E-state index in [-0.39, 0.29) is 29.8 Å². The van der Waals surface area contributed by atoms with Crippen molar-refractivity contribution >= 4 is 11.6 Å². The van der Waals surface area contributed by atoms with Gasteiger partial charge in [-0.25, -0.2) is 4.39 Å². The Hall–Kier alpha value is -3.06. The van der Waals surface area contributed by atoms with Crippen LogP contribution in [0.3, 0.4) is 0 Å².